The molecule has 2 N–H and O–H groups in total. The number of ether oxygens (including phenoxy) is 1. The Labute approximate surface area is 130 Å². The minimum absolute atomic E-state index is 0.136. The van der Waals surface area contributed by atoms with E-state index in [2.05, 4.69) is 15.9 Å². The van der Waals surface area contributed by atoms with Gasteiger partial charge in [0.05, 0.1) is 4.47 Å². The highest BCUT2D eigenvalue weighted by Gasteiger charge is 2.23. The van der Waals surface area contributed by atoms with Crippen LogP contribution in [0.4, 0.5) is 4.39 Å². The summed E-state index contributed by atoms with van der Waals surface area (Å²) in [6, 6.07) is 8.33. The lowest BCUT2D eigenvalue weighted by atomic mass is 10.1. The second kappa shape index (κ2) is 6.70. The minimum Gasteiger partial charge on any atom is -0.482 e. The molecule has 2 nitrogen and oxygen atoms in total. The van der Waals surface area contributed by atoms with Crippen LogP contribution in [0.5, 0.6) is 5.75 Å². The molecule has 20 heavy (non-hydrogen) atoms. The monoisotopic (exact) mass is 357 g/mol. The van der Waals surface area contributed by atoms with Crippen molar-refractivity contribution in [3.8, 4) is 5.75 Å². The van der Waals surface area contributed by atoms with Crippen LogP contribution < -0.4 is 10.5 Å². The predicted molar refractivity (Wildman–Crippen MR) is 84.8 cm³/mol. The van der Waals surface area contributed by atoms with Crippen molar-refractivity contribution in [2.24, 2.45) is 5.73 Å². The lowest BCUT2D eigenvalue weighted by Crippen LogP contribution is -2.31. The fraction of sp³-hybridized carbons (Fsp3) is 0.333. The lowest BCUT2D eigenvalue weighted by molar-refractivity contribution is 0.173. The van der Waals surface area contributed by atoms with Crippen LogP contribution in [0.3, 0.4) is 0 Å². The molecule has 0 spiro atoms. The smallest absolute Gasteiger partial charge is 0.148 e. The Kier molecular flexibility index (Phi) is 5.18. The molecule has 5 heteroatoms. The van der Waals surface area contributed by atoms with Gasteiger partial charge < -0.3 is 10.5 Å². The standard InChI is InChI=1S/C15H17BrFNOS/c1-3-12(18)15(14-7-4-9(2)20-14)19-13-8-10(17)5-6-11(13)16/h4-8,12,15H,3,18H2,1-2H3. The highest BCUT2D eigenvalue weighted by molar-refractivity contribution is 9.10. The summed E-state index contributed by atoms with van der Waals surface area (Å²) in [4.78, 5) is 2.27. The van der Waals surface area contributed by atoms with Gasteiger partial charge in [0, 0.05) is 21.9 Å². The first-order valence-corrected chi connectivity index (χ1v) is 8.05. The van der Waals surface area contributed by atoms with E-state index in [4.69, 9.17) is 10.5 Å². The summed E-state index contributed by atoms with van der Waals surface area (Å²) < 4.78 is 20.1. The number of benzene rings is 1. The third-order valence-electron chi connectivity index (χ3n) is 3.05. The first-order valence-electron chi connectivity index (χ1n) is 6.45. The van der Waals surface area contributed by atoms with Gasteiger partial charge in [-0.05, 0) is 53.5 Å². The summed E-state index contributed by atoms with van der Waals surface area (Å²) in [5.41, 5.74) is 6.17. The molecule has 2 atom stereocenters. The maximum absolute atomic E-state index is 13.4. The summed E-state index contributed by atoms with van der Waals surface area (Å²) in [7, 11) is 0. The fourth-order valence-electron chi connectivity index (χ4n) is 1.88. The van der Waals surface area contributed by atoms with Crippen LogP contribution in [-0.4, -0.2) is 6.04 Å². The number of rotatable bonds is 5. The molecule has 2 aromatic rings. The molecule has 0 saturated carbocycles. The third-order valence-corrected chi connectivity index (χ3v) is 4.77. The fourth-order valence-corrected chi connectivity index (χ4v) is 3.20. The number of halogens is 2. The van der Waals surface area contributed by atoms with Crippen molar-refractivity contribution in [2.45, 2.75) is 32.4 Å². The number of hydrogen-bond donors (Lipinski definition) is 1. The van der Waals surface area contributed by atoms with Crippen LogP contribution in [0.1, 0.15) is 29.2 Å². The molecule has 1 aromatic heterocycles. The average molecular weight is 358 g/mol. The van der Waals surface area contributed by atoms with E-state index >= 15 is 0 Å². The molecule has 1 aromatic carbocycles. The Morgan fingerprint density at radius 1 is 1.35 bits per heavy atom. The molecule has 0 radical (unpaired) electrons. The van der Waals surface area contributed by atoms with Gasteiger partial charge in [0.15, 0.2) is 0 Å². The van der Waals surface area contributed by atoms with Crippen LogP contribution >= 0.6 is 27.3 Å². The molecule has 0 aliphatic rings. The van der Waals surface area contributed by atoms with Gasteiger partial charge in [-0.15, -0.1) is 11.3 Å². The molecular weight excluding hydrogens is 341 g/mol. The van der Waals surface area contributed by atoms with Crippen molar-refractivity contribution in [1.29, 1.82) is 0 Å². The van der Waals surface area contributed by atoms with E-state index in [0.717, 1.165) is 15.8 Å². The van der Waals surface area contributed by atoms with Gasteiger partial charge in [0.1, 0.15) is 17.7 Å². The summed E-state index contributed by atoms with van der Waals surface area (Å²) in [6.07, 6.45) is 0.519. The first kappa shape index (κ1) is 15.5. The van der Waals surface area contributed by atoms with Gasteiger partial charge in [-0.1, -0.05) is 6.92 Å². The SMILES string of the molecule is CCC(N)C(Oc1cc(F)ccc1Br)c1ccc(C)s1. The second-order valence-electron chi connectivity index (χ2n) is 4.63. The van der Waals surface area contributed by atoms with Gasteiger partial charge in [-0.3, -0.25) is 0 Å². The zero-order valence-corrected chi connectivity index (χ0v) is 13.8. The van der Waals surface area contributed by atoms with E-state index in [1.165, 1.54) is 17.0 Å². The van der Waals surface area contributed by atoms with E-state index in [1.807, 2.05) is 26.0 Å². The number of nitrogens with two attached hydrogens (primary N) is 1. The van der Waals surface area contributed by atoms with Gasteiger partial charge in [-0.25, -0.2) is 4.39 Å². The van der Waals surface area contributed by atoms with Crippen LogP contribution in [0.25, 0.3) is 0 Å². The Balaban J connectivity index is 2.30. The quantitative estimate of drug-likeness (QED) is 0.832. The van der Waals surface area contributed by atoms with Crippen LogP contribution in [0.15, 0.2) is 34.8 Å². The minimum atomic E-state index is -0.325. The molecule has 0 aliphatic carbocycles. The van der Waals surface area contributed by atoms with Crippen molar-refractivity contribution in [1.82, 2.24) is 0 Å². The molecule has 108 valence electrons. The predicted octanol–water partition coefficient (Wildman–Crippen LogP) is 4.82. The van der Waals surface area contributed by atoms with Crippen molar-refractivity contribution in [3.05, 3.63) is 50.4 Å². The second-order valence-corrected chi connectivity index (χ2v) is 6.81. The maximum atomic E-state index is 13.4. The van der Waals surface area contributed by atoms with Crippen LogP contribution in [0.2, 0.25) is 0 Å². The Morgan fingerprint density at radius 2 is 2.10 bits per heavy atom. The van der Waals surface area contributed by atoms with E-state index in [-0.39, 0.29) is 18.0 Å². The zero-order valence-electron chi connectivity index (χ0n) is 11.4. The highest BCUT2D eigenvalue weighted by atomic mass is 79.9. The Hall–Kier alpha value is -0.910. The summed E-state index contributed by atoms with van der Waals surface area (Å²) >= 11 is 5.03. The zero-order chi connectivity index (χ0) is 14.7. The molecule has 0 bridgehead atoms. The molecular formula is C15H17BrFNOS. The summed E-state index contributed by atoms with van der Waals surface area (Å²) in [5.74, 6) is 0.152. The molecule has 0 fully saturated rings. The van der Waals surface area contributed by atoms with Crippen LogP contribution in [-0.2, 0) is 0 Å². The Morgan fingerprint density at radius 3 is 2.70 bits per heavy atom. The molecule has 0 amide bonds. The number of aryl methyl sites for hydroxylation is 1. The summed E-state index contributed by atoms with van der Waals surface area (Å²) in [6.45, 7) is 4.06. The summed E-state index contributed by atoms with van der Waals surface area (Å²) in [5, 5.41) is 0. The van der Waals surface area contributed by atoms with Crippen molar-refractivity contribution in [2.75, 3.05) is 0 Å². The van der Waals surface area contributed by atoms with E-state index in [1.54, 1.807) is 17.4 Å². The third kappa shape index (κ3) is 3.59. The largest absolute Gasteiger partial charge is 0.482 e. The van der Waals surface area contributed by atoms with E-state index in [9.17, 15) is 4.39 Å². The van der Waals surface area contributed by atoms with Gasteiger partial charge >= 0.3 is 0 Å². The molecule has 0 saturated heterocycles. The van der Waals surface area contributed by atoms with E-state index < -0.39 is 0 Å². The van der Waals surface area contributed by atoms with Gasteiger partial charge in [0.2, 0.25) is 0 Å². The average Bonchev–Trinajstić information content (AvgIpc) is 2.85. The Bertz CT molecular complexity index is 587. The van der Waals surface area contributed by atoms with E-state index in [0.29, 0.717) is 5.75 Å². The molecule has 2 unspecified atom stereocenters. The molecule has 0 aliphatic heterocycles. The van der Waals surface area contributed by atoms with Gasteiger partial charge in [-0.2, -0.15) is 0 Å². The molecule has 1 heterocycles. The number of thiophene rings is 1. The lowest BCUT2D eigenvalue weighted by Gasteiger charge is -2.24. The normalized spacial score (nSPS) is 14.1. The maximum Gasteiger partial charge on any atom is 0.148 e. The van der Waals surface area contributed by atoms with Gasteiger partial charge in [0.25, 0.3) is 0 Å². The van der Waals surface area contributed by atoms with Crippen LogP contribution in [0, 0.1) is 12.7 Å². The van der Waals surface area contributed by atoms with Crippen molar-refractivity contribution >= 4 is 27.3 Å². The number of hydrogen-bond acceptors (Lipinski definition) is 3. The van der Waals surface area contributed by atoms with Crippen molar-refractivity contribution in [3.63, 3.8) is 0 Å². The highest BCUT2D eigenvalue weighted by Crippen LogP contribution is 2.34. The molecule has 2 rings (SSSR count). The first-order chi connectivity index (χ1) is 9.51. The topological polar surface area (TPSA) is 35.2 Å². The van der Waals surface area contributed by atoms with Crippen molar-refractivity contribution < 1.29 is 9.13 Å².